The van der Waals surface area contributed by atoms with E-state index in [-0.39, 0.29) is 11.3 Å². The van der Waals surface area contributed by atoms with Crippen LogP contribution >= 0.6 is 11.8 Å². The summed E-state index contributed by atoms with van der Waals surface area (Å²) < 4.78 is 5.31. The molecule has 0 radical (unpaired) electrons. The maximum absolute atomic E-state index is 13.4. The molecule has 3 rings (SSSR count). The third-order valence-electron chi connectivity index (χ3n) is 6.43. The molecule has 0 aromatic rings. The van der Waals surface area contributed by atoms with Crippen molar-refractivity contribution in [1.82, 2.24) is 15.1 Å². The van der Waals surface area contributed by atoms with Gasteiger partial charge in [0.15, 0.2) is 0 Å². The highest BCUT2D eigenvalue weighted by Crippen LogP contribution is 2.53. The zero-order valence-electron chi connectivity index (χ0n) is 19.3. The number of ether oxygens (including phenoxy) is 1. The minimum atomic E-state index is -1.00. The van der Waals surface area contributed by atoms with Crippen LogP contribution in [-0.4, -0.2) is 80.7 Å². The maximum Gasteiger partial charge on any atom is 0.410 e. The van der Waals surface area contributed by atoms with E-state index < -0.39 is 47.1 Å². The number of carbonyl (C=O) groups is 4. The summed E-state index contributed by atoms with van der Waals surface area (Å²) in [7, 11) is 1.47. The highest BCUT2D eigenvalue weighted by Gasteiger charge is 2.58. The average molecular weight is 468 g/mol. The quantitative estimate of drug-likeness (QED) is 0.609. The minimum Gasteiger partial charge on any atom is -0.480 e. The van der Waals surface area contributed by atoms with Crippen LogP contribution in [-0.2, 0) is 19.1 Å². The van der Waals surface area contributed by atoms with Crippen molar-refractivity contribution in [3.8, 4) is 0 Å². The van der Waals surface area contributed by atoms with Gasteiger partial charge in [0.05, 0.1) is 5.37 Å². The summed E-state index contributed by atoms with van der Waals surface area (Å²) in [4.78, 5) is 53.5. The van der Waals surface area contributed by atoms with Gasteiger partial charge in [-0.3, -0.25) is 14.5 Å². The van der Waals surface area contributed by atoms with Gasteiger partial charge < -0.3 is 20.1 Å². The molecule has 2 aliphatic heterocycles. The van der Waals surface area contributed by atoms with Crippen LogP contribution in [0.25, 0.3) is 0 Å². The number of nitrogens with zero attached hydrogens (tertiary/aromatic N) is 2. The van der Waals surface area contributed by atoms with E-state index in [9.17, 15) is 24.3 Å². The Morgan fingerprint density at radius 1 is 1.31 bits per heavy atom. The van der Waals surface area contributed by atoms with E-state index in [1.54, 1.807) is 39.5 Å². The number of carboxylic acids is 1. The van der Waals surface area contributed by atoms with Crippen LogP contribution in [0.1, 0.15) is 53.4 Å². The van der Waals surface area contributed by atoms with Crippen molar-refractivity contribution in [2.24, 2.45) is 5.41 Å². The number of aliphatic carboxylic acids is 1. The summed E-state index contributed by atoms with van der Waals surface area (Å²) in [6.45, 7) is 6.78. The summed E-state index contributed by atoms with van der Waals surface area (Å²) in [5.74, 6) is -1.22. The third-order valence-corrected chi connectivity index (χ3v) is 7.68. The van der Waals surface area contributed by atoms with Gasteiger partial charge in [0.25, 0.3) is 0 Å². The van der Waals surface area contributed by atoms with Gasteiger partial charge in [-0.1, -0.05) is 12.2 Å². The van der Waals surface area contributed by atoms with Gasteiger partial charge in [-0.2, -0.15) is 0 Å². The normalized spacial score (nSPS) is 27.6. The molecule has 3 amide bonds. The third kappa shape index (κ3) is 4.74. The number of thioether (sulfide) groups is 1. The largest absolute Gasteiger partial charge is 0.480 e. The standard InChI is InChI=1S/C22H33N3O6S/c1-13(24(5)20(30)31-21(2,3)4)17(26)23-14-8-11-32-15-12-22(9-6-7-10-22)16(19(28)29)25(15)18(14)27/h6-7,13-16H,8-12H2,1-5H3,(H,23,26)(H,28,29)/t13-,14-,15-,16+/m0/s1. The second-order valence-electron chi connectivity index (χ2n) is 9.87. The summed E-state index contributed by atoms with van der Waals surface area (Å²) in [5.41, 5.74) is -1.17. The van der Waals surface area contributed by atoms with Crippen LogP contribution < -0.4 is 5.32 Å². The number of rotatable bonds is 4. The molecule has 0 unspecified atom stereocenters. The Morgan fingerprint density at radius 2 is 1.94 bits per heavy atom. The first kappa shape index (κ1) is 24.4. The Bertz CT molecular complexity index is 815. The Kier molecular flexibility index (Phi) is 6.83. The van der Waals surface area contributed by atoms with Gasteiger partial charge in [-0.25, -0.2) is 9.59 Å². The first-order chi connectivity index (χ1) is 14.9. The van der Waals surface area contributed by atoms with Gasteiger partial charge in [-0.05, 0) is 59.1 Å². The molecule has 2 heterocycles. The Labute approximate surface area is 192 Å². The number of hydrogen-bond acceptors (Lipinski definition) is 6. The Hall–Kier alpha value is -2.23. The zero-order valence-corrected chi connectivity index (χ0v) is 20.1. The summed E-state index contributed by atoms with van der Waals surface area (Å²) in [5, 5.41) is 12.5. The molecule has 178 valence electrons. The summed E-state index contributed by atoms with van der Waals surface area (Å²) >= 11 is 1.58. The lowest BCUT2D eigenvalue weighted by molar-refractivity contribution is -0.153. The molecule has 0 aromatic carbocycles. The van der Waals surface area contributed by atoms with Crippen molar-refractivity contribution >= 4 is 35.6 Å². The highest BCUT2D eigenvalue weighted by atomic mass is 32.2. The van der Waals surface area contributed by atoms with Crippen LogP contribution in [0.5, 0.6) is 0 Å². The topological polar surface area (TPSA) is 116 Å². The number of carboxylic acid groups (broad SMARTS) is 1. The second-order valence-corrected chi connectivity index (χ2v) is 11.2. The lowest BCUT2D eigenvalue weighted by Gasteiger charge is -2.34. The predicted octanol–water partition coefficient (Wildman–Crippen LogP) is 2.21. The summed E-state index contributed by atoms with van der Waals surface area (Å²) in [6.07, 6.45) is 5.66. The Balaban J connectivity index is 1.72. The highest BCUT2D eigenvalue weighted by molar-refractivity contribution is 7.99. The number of carbonyl (C=O) groups excluding carboxylic acids is 3. The first-order valence-electron chi connectivity index (χ1n) is 10.9. The predicted molar refractivity (Wildman–Crippen MR) is 120 cm³/mol. The van der Waals surface area contributed by atoms with E-state index >= 15 is 0 Å². The van der Waals surface area contributed by atoms with Crippen LogP contribution in [0.3, 0.4) is 0 Å². The summed E-state index contributed by atoms with van der Waals surface area (Å²) in [6, 6.07) is -2.61. The van der Waals surface area contributed by atoms with Gasteiger partial charge in [-0.15, -0.1) is 11.8 Å². The molecule has 0 aromatic heterocycles. The molecule has 4 atom stereocenters. The monoisotopic (exact) mass is 467 g/mol. The average Bonchev–Trinajstić information content (AvgIpc) is 3.25. The van der Waals surface area contributed by atoms with E-state index in [1.807, 2.05) is 12.2 Å². The SMILES string of the molecule is C[C@@H](C(=O)N[C@H]1CCS[C@H]2CC3(CC=CC3)[C@@H](C(=O)O)N2C1=O)N(C)C(=O)OC(C)(C)C. The smallest absolute Gasteiger partial charge is 0.410 e. The molecule has 1 aliphatic carbocycles. The number of nitrogens with one attached hydrogen (secondary N) is 1. The Morgan fingerprint density at radius 3 is 2.50 bits per heavy atom. The van der Waals surface area contributed by atoms with E-state index in [1.165, 1.54) is 16.8 Å². The number of hydrogen-bond donors (Lipinski definition) is 2. The van der Waals surface area contributed by atoms with Crippen LogP contribution in [0.2, 0.25) is 0 Å². The second kappa shape index (κ2) is 8.96. The number of amides is 3. The first-order valence-corrected chi connectivity index (χ1v) is 12.0. The molecule has 2 saturated heterocycles. The molecule has 1 spiro atoms. The van der Waals surface area contributed by atoms with E-state index in [0.717, 1.165) is 0 Å². The molecule has 2 N–H and O–H groups in total. The van der Waals surface area contributed by atoms with Crippen LogP contribution in [0.15, 0.2) is 12.2 Å². The van der Waals surface area contributed by atoms with Crippen molar-refractivity contribution in [2.45, 2.75) is 82.5 Å². The molecule has 32 heavy (non-hydrogen) atoms. The van der Waals surface area contributed by atoms with Crippen molar-refractivity contribution in [2.75, 3.05) is 12.8 Å². The maximum atomic E-state index is 13.4. The van der Waals surface area contributed by atoms with E-state index in [4.69, 9.17) is 4.74 Å². The van der Waals surface area contributed by atoms with Gasteiger partial charge in [0.1, 0.15) is 23.7 Å². The van der Waals surface area contributed by atoms with E-state index in [0.29, 0.717) is 31.4 Å². The van der Waals surface area contributed by atoms with Crippen LogP contribution in [0, 0.1) is 5.41 Å². The molecule has 2 fully saturated rings. The lowest BCUT2D eigenvalue weighted by Crippen LogP contribution is -2.57. The molecule has 0 saturated carbocycles. The fourth-order valence-electron chi connectivity index (χ4n) is 4.64. The minimum absolute atomic E-state index is 0.215. The van der Waals surface area contributed by atoms with Gasteiger partial charge in [0.2, 0.25) is 11.8 Å². The molecule has 3 aliphatic rings. The lowest BCUT2D eigenvalue weighted by atomic mass is 9.78. The van der Waals surface area contributed by atoms with Crippen molar-refractivity contribution < 1.29 is 29.0 Å². The fraction of sp³-hybridized carbons (Fsp3) is 0.727. The molecule has 0 bridgehead atoms. The van der Waals surface area contributed by atoms with Gasteiger partial charge in [0, 0.05) is 12.5 Å². The molecule has 9 nitrogen and oxygen atoms in total. The van der Waals surface area contributed by atoms with E-state index in [2.05, 4.69) is 5.32 Å². The molecular weight excluding hydrogens is 434 g/mol. The number of likely N-dealkylation sites (N-methyl/N-ethyl adjacent to an activating group) is 1. The van der Waals surface area contributed by atoms with Crippen LogP contribution in [0.4, 0.5) is 4.79 Å². The molecule has 10 heteroatoms. The van der Waals surface area contributed by atoms with Crippen molar-refractivity contribution in [1.29, 1.82) is 0 Å². The van der Waals surface area contributed by atoms with Crippen molar-refractivity contribution in [3.63, 3.8) is 0 Å². The van der Waals surface area contributed by atoms with Gasteiger partial charge >= 0.3 is 12.1 Å². The fourth-order valence-corrected chi connectivity index (χ4v) is 6.12. The van der Waals surface area contributed by atoms with Crippen molar-refractivity contribution in [3.05, 3.63) is 12.2 Å². The number of fused-ring (bicyclic) bond motifs is 1. The molecular formula is C22H33N3O6S. The number of allylic oxidation sites excluding steroid dienone is 2. The zero-order chi connectivity index (χ0) is 23.8.